The lowest BCUT2D eigenvalue weighted by molar-refractivity contribution is -0.117. The smallest absolute Gasteiger partial charge is 0.166 e. The molecule has 1 aliphatic carbocycles. The Balaban J connectivity index is 2.26. The van der Waals surface area contributed by atoms with Crippen LogP contribution >= 0.6 is 0 Å². The van der Waals surface area contributed by atoms with E-state index >= 15 is 0 Å². The third-order valence-electron chi connectivity index (χ3n) is 2.65. The molecule has 0 aromatic heterocycles. The molecule has 2 rings (SSSR count). The minimum absolute atomic E-state index is 0.0937. The largest absolute Gasteiger partial charge is 0.300 e. The summed E-state index contributed by atoms with van der Waals surface area (Å²) in [7, 11) is 0. The van der Waals surface area contributed by atoms with Gasteiger partial charge in [0.15, 0.2) is 5.78 Å². The van der Waals surface area contributed by atoms with Crippen LogP contribution in [0.5, 0.6) is 0 Å². The lowest BCUT2D eigenvalue weighted by atomic mass is 9.99. The molecule has 0 heterocycles. The zero-order valence-corrected chi connectivity index (χ0v) is 8.12. The number of rotatable bonds is 2. The van der Waals surface area contributed by atoms with Crippen LogP contribution < -0.4 is 0 Å². The molecule has 0 amide bonds. The monoisotopic (exact) mass is 188 g/mol. The number of carbonyl (C=O) groups excluding carboxylic acids is 2. The summed E-state index contributed by atoms with van der Waals surface area (Å²) in [6, 6.07) is 7.61. The Morgan fingerprint density at radius 3 is 2.79 bits per heavy atom. The Morgan fingerprint density at radius 1 is 1.43 bits per heavy atom. The fraction of sp³-hybridized carbons (Fsp3) is 0.333. The molecule has 0 saturated heterocycles. The van der Waals surface area contributed by atoms with Crippen molar-refractivity contribution < 1.29 is 9.59 Å². The summed E-state index contributed by atoms with van der Waals surface area (Å²) in [5, 5.41) is 0. The topological polar surface area (TPSA) is 34.1 Å². The van der Waals surface area contributed by atoms with Gasteiger partial charge in [0.1, 0.15) is 5.78 Å². The number of carbonyl (C=O) groups is 2. The molecule has 1 atom stereocenters. The van der Waals surface area contributed by atoms with Gasteiger partial charge in [0.2, 0.25) is 0 Å². The van der Waals surface area contributed by atoms with Crippen molar-refractivity contribution in [1.29, 1.82) is 0 Å². The molecule has 2 nitrogen and oxygen atoms in total. The van der Waals surface area contributed by atoms with Crippen LogP contribution in [-0.4, -0.2) is 11.6 Å². The van der Waals surface area contributed by atoms with Crippen molar-refractivity contribution in [1.82, 2.24) is 0 Å². The second kappa shape index (κ2) is 3.37. The van der Waals surface area contributed by atoms with Crippen LogP contribution in [-0.2, 0) is 11.2 Å². The van der Waals surface area contributed by atoms with Crippen LogP contribution in [0, 0.1) is 5.92 Å². The van der Waals surface area contributed by atoms with Gasteiger partial charge in [-0.05, 0) is 18.9 Å². The first-order valence-electron chi connectivity index (χ1n) is 4.80. The van der Waals surface area contributed by atoms with Crippen molar-refractivity contribution in [2.24, 2.45) is 5.92 Å². The van der Waals surface area contributed by atoms with Crippen molar-refractivity contribution in [3.05, 3.63) is 35.4 Å². The van der Waals surface area contributed by atoms with Gasteiger partial charge in [-0.3, -0.25) is 4.79 Å². The Bertz CT molecular complexity index is 393. The summed E-state index contributed by atoms with van der Waals surface area (Å²) in [6.07, 6.45) is 1.11. The molecule has 0 bridgehead atoms. The van der Waals surface area contributed by atoms with E-state index in [4.69, 9.17) is 0 Å². The molecule has 72 valence electrons. The maximum atomic E-state index is 11.8. The second-order valence-corrected chi connectivity index (χ2v) is 3.83. The van der Waals surface area contributed by atoms with Gasteiger partial charge in [0, 0.05) is 17.9 Å². The van der Waals surface area contributed by atoms with E-state index in [1.165, 1.54) is 6.92 Å². The molecular weight excluding hydrogens is 176 g/mol. The highest BCUT2D eigenvalue weighted by Crippen LogP contribution is 2.28. The summed E-state index contributed by atoms with van der Waals surface area (Å²) in [5.74, 6) is 0.122. The maximum Gasteiger partial charge on any atom is 0.166 e. The van der Waals surface area contributed by atoms with E-state index in [0.717, 1.165) is 17.5 Å². The van der Waals surface area contributed by atoms with Crippen molar-refractivity contribution in [3.8, 4) is 0 Å². The van der Waals surface area contributed by atoms with Gasteiger partial charge in [-0.1, -0.05) is 24.3 Å². The summed E-state index contributed by atoms with van der Waals surface area (Å²) >= 11 is 0. The standard InChI is InChI=1S/C12H12O2/c1-8(13)6-10-7-9-4-2-3-5-11(9)12(10)14/h2-5,10H,6-7H2,1H3. The first-order valence-corrected chi connectivity index (χ1v) is 4.80. The number of Topliss-reactive ketones (excluding diaryl/α,β-unsaturated/α-hetero) is 2. The number of hydrogen-bond acceptors (Lipinski definition) is 2. The SMILES string of the molecule is CC(=O)CC1Cc2ccccc2C1=O. The molecule has 2 heteroatoms. The van der Waals surface area contributed by atoms with E-state index in [9.17, 15) is 9.59 Å². The van der Waals surface area contributed by atoms with Crippen LogP contribution in [0.2, 0.25) is 0 Å². The maximum absolute atomic E-state index is 11.8. The van der Waals surface area contributed by atoms with E-state index in [1.807, 2.05) is 24.3 Å². The average Bonchev–Trinajstić information content (AvgIpc) is 2.44. The molecule has 0 fully saturated rings. The van der Waals surface area contributed by atoms with Crippen LogP contribution in [0.15, 0.2) is 24.3 Å². The van der Waals surface area contributed by atoms with Crippen molar-refractivity contribution in [2.75, 3.05) is 0 Å². The van der Waals surface area contributed by atoms with Gasteiger partial charge in [0.05, 0.1) is 0 Å². The van der Waals surface area contributed by atoms with E-state index in [1.54, 1.807) is 0 Å². The molecule has 1 unspecified atom stereocenters. The van der Waals surface area contributed by atoms with E-state index in [0.29, 0.717) is 6.42 Å². The number of hydrogen-bond donors (Lipinski definition) is 0. The Hall–Kier alpha value is -1.44. The second-order valence-electron chi connectivity index (χ2n) is 3.83. The Morgan fingerprint density at radius 2 is 2.14 bits per heavy atom. The average molecular weight is 188 g/mol. The number of benzene rings is 1. The first-order chi connectivity index (χ1) is 6.68. The summed E-state index contributed by atoms with van der Waals surface area (Å²) < 4.78 is 0. The molecule has 14 heavy (non-hydrogen) atoms. The zero-order chi connectivity index (χ0) is 10.1. The summed E-state index contributed by atoms with van der Waals surface area (Å²) in [5.41, 5.74) is 1.89. The minimum atomic E-state index is -0.107. The van der Waals surface area contributed by atoms with Gasteiger partial charge >= 0.3 is 0 Å². The van der Waals surface area contributed by atoms with Gasteiger partial charge in [-0.25, -0.2) is 0 Å². The predicted octanol–water partition coefficient (Wildman–Crippen LogP) is 2.02. The van der Waals surface area contributed by atoms with Crippen molar-refractivity contribution >= 4 is 11.6 Å². The highest BCUT2D eigenvalue weighted by molar-refractivity contribution is 6.03. The van der Waals surface area contributed by atoms with Crippen LogP contribution in [0.4, 0.5) is 0 Å². The molecule has 0 spiro atoms. The summed E-state index contributed by atoms with van der Waals surface area (Å²) in [4.78, 5) is 22.7. The fourth-order valence-corrected chi connectivity index (χ4v) is 2.03. The minimum Gasteiger partial charge on any atom is -0.300 e. The van der Waals surface area contributed by atoms with Crippen LogP contribution in [0.3, 0.4) is 0 Å². The highest BCUT2D eigenvalue weighted by Gasteiger charge is 2.30. The first kappa shape index (κ1) is 9.13. The molecule has 0 aliphatic heterocycles. The van der Waals surface area contributed by atoms with E-state index in [2.05, 4.69) is 0 Å². The zero-order valence-electron chi connectivity index (χ0n) is 8.12. The molecule has 0 radical (unpaired) electrons. The van der Waals surface area contributed by atoms with Gasteiger partial charge in [-0.2, -0.15) is 0 Å². The van der Waals surface area contributed by atoms with E-state index in [-0.39, 0.29) is 17.5 Å². The Kier molecular flexibility index (Phi) is 2.20. The van der Waals surface area contributed by atoms with Crippen molar-refractivity contribution in [2.45, 2.75) is 19.8 Å². The van der Waals surface area contributed by atoms with Crippen LogP contribution in [0.1, 0.15) is 29.3 Å². The number of fused-ring (bicyclic) bond motifs is 1. The third kappa shape index (κ3) is 1.48. The summed E-state index contributed by atoms with van der Waals surface area (Å²) in [6.45, 7) is 1.54. The molecule has 1 aromatic carbocycles. The van der Waals surface area contributed by atoms with E-state index < -0.39 is 0 Å². The van der Waals surface area contributed by atoms with Crippen molar-refractivity contribution in [3.63, 3.8) is 0 Å². The fourth-order valence-electron chi connectivity index (χ4n) is 2.03. The predicted molar refractivity (Wildman–Crippen MR) is 53.3 cm³/mol. The van der Waals surface area contributed by atoms with Gasteiger partial charge < -0.3 is 4.79 Å². The lowest BCUT2D eigenvalue weighted by Crippen LogP contribution is -2.12. The third-order valence-corrected chi connectivity index (χ3v) is 2.65. The molecule has 0 saturated carbocycles. The molecule has 1 aliphatic rings. The molecular formula is C12H12O2. The highest BCUT2D eigenvalue weighted by atomic mass is 16.1. The lowest BCUT2D eigenvalue weighted by Gasteiger charge is -2.02. The quantitative estimate of drug-likeness (QED) is 0.711. The molecule has 0 N–H and O–H groups in total. The van der Waals surface area contributed by atoms with Gasteiger partial charge in [0.25, 0.3) is 0 Å². The molecule has 1 aromatic rings. The van der Waals surface area contributed by atoms with Gasteiger partial charge in [-0.15, -0.1) is 0 Å². The normalized spacial score (nSPS) is 19.5. The Labute approximate surface area is 82.9 Å². The van der Waals surface area contributed by atoms with Crippen LogP contribution in [0.25, 0.3) is 0 Å². The number of ketones is 2.